The van der Waals surface area contributed by atoms with E-state index in [-0.39, 0.29) is 30.6 Å². The highest BCUT2D eigenvalue weighted by Crippen LogP contribution is 2.48. The van der Waals surface area contributed by atoms with Crippen molar-refractivity contribution < 1.29 is 19.7 Å². The molecule has 10 heteroatoms. The smallest absolute Gasteiger partial charge is 0.224 e. The number of anilines is 2. The lowest BCUT2D eigenvalue weighted by Crippen LogP contribution is -2.36. The van der Waals surface area contributed by atoms with Crippen LogP contribution in [0.15, 0.2) is 10.2 Å². The summed E-state index contributed by atoms with van der Waals surface area (Å²) in [5.74, 6) is 3.06. The van der Waals surface area contributed by atoms with Crippen LogP contribution in [0.5, 0.6) is 0 Å². The first-order valence-corrected chi connectivity index (χ1v) is 6.87. The van der Waals surface area contributed by atoms with Crippen LogP contribution in [0.25, 0.3) is 0 Å². The highest BCUT2D eigenvalue weighted by Gasteiger charge is 2.53. The molecule has 0 saturated carbocycles. The van der Waals surface area contributed by atoms with Gasteiger partial charge in [0.05, 0.1) is 25.4 Å². The lowest BCUT2D eigenvalue weighted by molar-refractivity contribution is -0.0363. The molecule has 0 aromatic carbocycles. The van der Waals surface area contributed by atoms with Gasteiger partial charge in [-0.2, -0.15) is 15.1 Å². The van der Waals surface area contributed by atoms with Gasteiger partial charge in [0.15, 0.2) is 5.82 Å². The van der Waals surface area contributed by atoms with Gasteiger partial charge < -0.3 is 31.2 Å². The van der Waals surface area contributed by atoms with Gasteiger partial charge in [0, 0.05) is 6.42 Å². The van der Waals surface area contributed by atoms with E-state index >= 15 is 0 Å². The van der Waals surface area contributed by atoms with Crippen LogP contribution in [0.3, 0.4) is 0 Å². The van der Waals surface area contributed by atoms with E-state index in [2.05, 4.69) is 32.2 Å². The fourth-order valence-corrected chi connectivity index (χ4v) is 2.78. The third-order valence-electron chi connectivity index (χ3n) is 3.83. The number of aliphatic hydroxyl groups excluding tert-OH is 2. The van der Waals surface area contributed by atoms with E-state index in [1.54, 1.807) is 0 Å². The molecule has 122 valence electrons. The van der Waals surface area contributed by atoms with Gasteiger partial charge in [0.1, 0.15) is 24.1 Å². The van der Waals surface area contributed by atoms with Crippen molar-refractivity contribution in [2.45, 2.75) is 30.3 Å². The second-order valence-corrected chi connectivity index (χ2v) is 5.21. The summed E-state index contributed by atoms with van der Waals surface area (Å²) in [6.07, 6.45) is 0.358. The molecule has 2 aliphatic rings. The number of rotatable bonds is 2. The Morgan fingerprint density at radius 2 is 2.22 bits per heavy atom. The quantitative estimate of drug-likeness (QED) is 0.507. The molecule has 4 atom stereocenters. The van der Waals surface area contributed by atoms with Crippen molar-refractivity contribution in [1.29, 1.82) is 0 Å². The minimum atomic E-state index is -1.33. The number of hydrogen-bond acceptors (Lipinski definition) is 10. The molecule has 2 aliphatic heterocycles. The minimum absolute atomic E-state index is 0.0312. The average Bonchev–Trinajstić information content (AvgIpc) is 3.06. The van der Waals surface area contributed by atoms with Crippen LogP contribution in [0.1, 0.15) is 12.0 Å². The molecule has 1 aromatic rings. The van der Waals surface area contributed by atoms with Gasteiger partial charge in [-0.15, -0.1) is 5.11 Å². The van der Waals surface area contributed by atoms with Gasteiger partial charge in [0.2, 0.25) is 11.5 Å². The molecule has 3 rings (SSSR count). The maximum atomic E-state index is 10.0. The van der Waals surface area contributed by atoms with E-state index in [1.807, 2.05) is 0 Å². The van der Waals surface area contributed by atoms with Crippen molar-refractivity contribution in [3.63, 3.8) is 0 Å². The van der Waals surface area contributed by atoms with Crippen LogP contribution in [-0.2, 0) is 15.0 Å². The average molecular weight is 320 g/mol. The molecule has 23 heavy (non-hydrogen) atoms. The Kier molecular flexibility index (Phi) is 3.77. The molecule has 0 bridgehead atoms. The Hall–Kier alpha value is -2.48. The highest BCUT2D eigenvalue weighted by atomic mass is 16.5. The maximum Gasteiger partial charge on any atom is 0.224 e. The van der Waals surface area contributed by atoms with Crippen LogP contribution in [0.2, 0.25) is 0 Å². The monoisotopic (exact) mass is 320 g/mol. The van der Waals surface area contributed by atoms with E-state index < -0.39 is 23.9 Å². The molecule has 10 nitrogen and oxygen atoms in total. The first-order chi connectivity index (χ1) is 11.0. The van der Waals surface area contributed by atoms with E-state index in [4.69, 9.17) is 20.9 Å². The summed E-state index contributed by atoms with van der Waals surface area (Å²) >= 11 is 0. The summed E-state index contributed by atoms with van der Waals surface area (Å²) in [7, 11) is 1.40. The third kappa shape index (κ3) is 2.35. The predicted octanol–water partition coefficient (Wildman–Crippen LogP) is -0.948. The van der Waals surface area contributed by atoms with Crippen LogP contribution in [0.4, 0.5) is 17.6 Å². The Morgan fingerprint density at radius 3 is 2.87 bits per heavy atom. The van der Waals surface area contributed by atoms with Gasteiger partial charge in [-0.25, -0.2) is 0 Å². The number of aliphatic hydroxyl groups is 2. The summed E-state index contributed by atoms with van der Waals surface area (Å²) in [6, 6.07) is 0. The highest BCUT2D eigenvalue weighted by molar-refractivity contribution is 5.64. The van der Waals surface area contributed by atoms with Crippen LogP contribution in [0, 0.1) is 12.0 Å². The van der Waals surface area contributed by atoms with E-state index in [0.29, 0.717) is 5.56 Å². The van der Waals surface area contributed by atoms with Gasteiger partial charge in [-0.3, -0.25) is 0 Å². The van der Waals surface area contributed by atoms with Crippen molar-refractivity contribution in [3.05, 3.63) is 5.56 Å². The summed E-state index contributed by atoms with van der Waals surface area (Å²) in [4.78, 5) is 7.92. The van der Waals surface area contributed by atoms with Gasteiger partial charge >= 0.3 is 0 Å². The number of methoxy groups -OCH3 is 1. The van der Waals surface area contributed by atoms with Crippen molar-refractivity contribution in [2.24, 2.45) is 10.2 Å². The number of aromatic nitrogens is 2. The Morgan fingerprint density at radius 1 is 1.43 bits per heavy atom. The number of hydrogen-bond donors (Lipinski definition) is 4. The molecule has 0 aliphatic carbocycles. The molecular weight excluding hydrogens is 304 g/mol. The molecule has 3 heterocycles. The lowest BCUT2D eigenvalue weighted by Gasteiger charge is -2.26. The zero-order valence-electron chi connectivity index (χ0n) is 12.3. The third-order valence-corrected chi connectivity index (χ3v) is 3.83. The number of nitrogens with zero attached hydrogens (tertiary/aromatic N) is 4. The van der Waals surface area contributed by atoms with E-state index in [0.717, 1.165) is 0 Å². The van der Waals surface area contributed by atoms with Crippen LogP contribution in [-0.4, -0.2) is 52.2 Å². The Labute approximate surface area is 131 Å². The topological polar surface area (TPSA) is 161 Å². The molecule has 1 fully saturated rings. The standard InChI is InChI=1S/C13H16N6O4/c1-22-3-2-13(8-4-6(21)7(5-20)23-8)9-10(14)16-12(15)17-11(9)18-19-13/h6-8,20-21H,4-5H2,1H3,(H4,14,15,16,17). The Balaban J connectivity index is 2.11. The molecule has 0 spiro atoms. The summed E-state index contributed by atoms with van der Waals surface area (Å²) in [6.45, 7) is -0.330. The van der Waals surface area contributed by atoms with E-state index in [9.17, 15) is 10.2 Å². The Bertz CT molecular complexity index is 714. The van der Waals surface area contributed by atoms with E-state index in [1.165, 1.54) is 7.11 Å². The largest absolute Gasteiger partial charge is 0.450 e. The number of nitrogen functional groups attached to an aromatic ring is 2. The summed E-state index contributed by atoms with van der Waals surface area (Å²) < 4.78 is 10.5. The fourth-order valence-electron chi connectivity index (χ4n) is 2.78. The zero-order valence-corrected chi connectivity index (χ0v) is 12.3. The summed E-state index contributed by atoms with van der Waals surface area (Å²) in [5.41, 5.74) is 10.6. The number of nitrogens with two attached hydrogens (primary N) is 2. The van der Waals surface area contributed by atoms with Crippen LogP contribution < -0.4 is 11.5 Å². The molecule has 0 radical (unpaired) electrons. The maximum absolute atomic E-state index is 10.0. The van der Waals surface area contributed by atoms with Gasteiger partial charge in [-0.1, -0.05) is 0 Å². The lowest BCUT2D eigenvalue weighted by atomic mass is 9.85. The fraction of sp³-hybridized carbons (Fsp3) is 0.538. The minimum Gasteiger partial charge on any atom is -0.450 e. The van der Waals surface area contributed by atoms with Crippen molar-refractivity contribution in [3.8, 4) is 12.0 Å². The number of ether oxygens (including phenoxy) is 2. The van der Waals surface area contributed by atoms with Crippen LogP contribution >= 0.6 is 0 Å². The molecule has 1 aromatic heterocycles. The molecule has 1 saturated heterocycles. The number of azo groups is 1. The van der Waals surface area contributed by atoms with Crippen molar-refractivity contribution in [2.75, 3.05) is 25.2 Å². The van der Waals surface area contributed by atoms with Gasteiger partial charge in [-0.05, 0) is 5.92 Å². The molecule has 4 unspecified atom stereocenters. The normalized spacial score (nSPS) is 31.5. The number of fused-ring (bicyclic) bond motifs is 1. The molecule has 0 amide bonds. The van der Waals surface area contributed by atoms with Crippen molar-refractivity contribution >= 4 is 17.6 Å². The SMILES string of the molecule is COC#CC1(C2CC(O)C(CO)O2)N=Nc2nc(N)nc(N)c21. The first-order valence-electron chi connectivity index (χ1n) is 6.87. The first kappa shape index (κ1) is 15.4. The van der Waals surface area contributed by atoms with Crippen molar-refractivity contribution in [1.82, 2.24) is 9.97 Å². The second-order valence-electron chi connectivity index (χ2n) is 5.21. The zero-order chi connectivity index (χ0) is 16.6. The van der Waals surface area contributed by atoms with Gasteiger partial charge in [0.25, 0.3) is 0 Å². The molecular formula is C13H16N6O4. The predicted molar refractivity (Wildman–Crippen MR) is 78.2 cm³/mol. The molecule has 6 N–H and O–H groups in total. The summed E-state index contributed by atoms with van der Waals surface area (Å²) in [5, 5.41) is 27.4. The second kappa shape index (κ2) is 5.62.